The molecule has 7 rings (SSSR count). The maximum absolute atomic E-state index is 13.3. The Morgan fingerprint density at radius 3 is 2.38 bits per heavy atom. The maximum atomic E-state index is 13.3. The minimum Gasteiger partial charge on any atom is -0.492 e. The van der Waals surface area contributed by atoms with Gasteiger partial charge in [-0.3, -0.25) is 24.6 Å². The van der Waals surface area contributed by atoms with E-state index in [0.29, 0.717) is 67.5 Å². The second-order valence-corrected chi connectivity index (χ2v) is 15.3. The van der Waals surface area contributed by atoms with Gasteiger partial charge in [-0.1, -0.05) is 17.7 Å². The van der Waals surface area contributed by atoms with Gasteiger partial charge in [-0.15, -0.1) is 0 Å². The van der Waals surface area contributed by atoms with E-state index in [4.69, 9.17) is 16.3 Å². The van der Waals surface area contributed by atoms with E-state index in [1.54, 1.807) is 28.9 Å². The normalized spacial score (nSPS) is 18.8. The number of imide groups is 1. The van der Waals surface area contributed by atoms with Crippen LogP contribution in [0.5, 0.6) is 5.75 Å². The summed E-state index contributed by atoms with van der Waals surface area (Å²) in [6.45, 7) is 4.31. The van der Waals surface area contributed by atoms with Crippen molar-refractivity contribution in [2.75, 3.05) is 56.1 Å². The number of benzene rings is 2. The fraction of sp³-hybridized carbons (Fsp3) is 0.441. The number of urea groups is 1. The number of hydrogen-bond acceptors (Lipinski definition) is 10. The zero-order valence-corrected chi connectivity index (χ0v) is 29.4. The van der Waals surface area contributed by atoms with Crippen LogP contribution in [0.25, 0.3) is 10.9 Å². The molecule has 0 spiro atoms. The van der Waals surface area contributed by atoms with E-state index in [-0.39, 0.29) is 23.3 Å². The Bertz CT molecular complexity index is 1960. The first kappa shape index (κ1) is 34.2. The summed E-state index contributed by atoms with van der Waals surface area (Å²) in [5.74, 6) is 1.85. The number of aromatic nitrogens is 4. The molecule has 2 N–H and O–H groups in total. The number of fused-ring (bicyclic) bond motifs is 1. The summed E-state index contributed by atoms with van der Waals surface area (Å²) in [6, 6.07) is 12.7. The van der Waals surface area contributed by atoms with Crippen LogP contribution in [-0.2, 0) is 21.9 Å². The van der Waals surface area contributed by atoms with E-state index in [1.807, 2.05) is 13.1 Å². The van der Waals surface area contributed by atoms with Crippen LogP contribution in [0, 0.1) is 0 Å². The third-order valence-corrected chi connectivity index (χ3v) is 11.9. The molecule has 0 atom stereocenters. The molecule has 5 heterocycles. The Balaban J connectivity index is 0.861. The standard InChI is InChI=1S/C34H40ClN9O5S/c1-41-30-20-24(2-7-29(30)32(40-41)44-17-12-31(45)39-34(44)46)23-8-13-42(14-9-23)18-19-49-27-3-5-28(6-4-27)50(47,48)43-15-10-26(11-16-43)38-33-36-21-25(35)22-37-33/h2-7,20-23,26H,8-19H2,1H3,(H,36,37,38)(H,39,45,46). The molecule has 0 aliphatic carbocycles. The van der Waals surface area contributed by atoms with Gasteiger partial charge in [0.25, 0.3) is 0 Å². The van der Waals surface area contributed by atoms with Crippen molar-refractivity contribution in [1.29, 1.82) is 0 Å². The Kier molecular flexibility index (Phi) is 9.91. The molecule has 0 unspecified atom stereocenters. The van der Waals surface area contributed by atoms with Crippen LogP contribution >= 0.6 is 11.6 Å². The summed E-state index contributed by atoms with van der Waals surface area (Å²) in [6.07, 6.45) is 6.64. The number of carbonyl (C=O) groups excluding carboxylic acids is 2. The van der Waals surface area contributed by atoms with Crippen molar-refractivity contribution in [1.82, 2.24) is 34.3 Å². The van der Waals surface area contributed by atoms with Crippen LogP contribution in [0.15, 0.2) is 59.8 Å². The first-order valence-electron chi connectivity index (χ1n) is 16.9. The van der Waals surface area contributed by atoms with Gasteiger partial charge in [-0.25, -0.2) is 23.2 Å². The van der Waals surface area contributed by atoms with Gasteiger partial charge in [0.1, 0.15) is 12.4 Å². The summed E-state index contributed by atoms with van der Waals surface area (Å²) < 4.78 is 35.9. The molecule has 264 valence electrons. The van der Waals surface area contributed by atoms with Crippen LogP contribution in [0.3, 0.4) is 0 Å². The minimum atomic E-state index is -3.61. The van der Waals surface area contributed by atoms with Gasteiger partial charge in [-0.2, -0.15) is 9.40 Å². The van der Waals surface area contributed by atoms with E-state index in [9.17, 15) is 18.0 Å². The van der Waals surface area contributed by atoms with Gasteiger partial charge in [0.2, 0.25) is 21.9 Å². The summed E-state index contributed by atoms with van der Waals surface area (Å²) in [5, 5.41) is 11.6. The fourth-order valence-corrected chi connectivity index (χ4v) is 8.49. The molecular formula is C34H40ClN9O5S. The Hall–Kier alpha value is -4.31. The van der Waals surface area contributed by atoms with E-state index < -0.39 is 16.1 Å². The molecule has 2 aromatic heterocycles. The number of nitrogens with one attached hydrogen (secondary N) is 2. The largest absolute Gasteiger partial charge is 0.492 e. The number of likely N-dealkylation sites (tertiary alicyclic amines) is 1. The van der Waals surface area contributed by atoms with Gasteiger partial charge in [0.15, 0.2) is 5.82 Å². The Morgan fingerprint density at radius 2 is 1.68 bits per heavy atom. The van der Waals surface area contributed by atoms with Gasteiger partial charge in [0.05, 0.1) is 27.8 Å². The molecular weight excluding hydrogens is 682 g/mol. The molecule has 16 heteroatoms. The minimum absolute atomic E-state index is 0.0841. The smallest absolute Gasteiger partial charge is 0.329 e. The number of hydrogen-bond donors (Lipinski definition) is 2. The lowest BCUT2D eigenvalue weighted by Gasteiger charge is -2.32. The summed E-state index contributed by atoms with van der Waals surface area (Å²) in [7, 11) is -1.73. The predicted molar refractivity (Wildman–Crippen MR) is 189 cm³/mol. The van der Waals surface area contributed by atoms with Crippen molar-refractivity contribution in [3.05, 3.63) is 65.4 Å². The summed E-state index contributed by atoms with van der Waals surface area (Å²) >= 11 is 5.86. The number of amides is 3. The molecule has 0 bridgehead atoms. The van der Waals surface area contributed by atoms with Crippen molar-refractivity contribution in [3.8, 4) is 5.75 Å². The zero-order valence-electron chi connectivity index (χ0n) is 27.8. The van der Waals surface area contributed by atoms with Gasteiger partial charge in [-0.05, 0) is 86.7 Å². The molecule has 3 saturated heterocycles. The molecule has 2 aromatic carbocycles. The van der Waals surface area contributed by atoms with Gasteiger partial charge < -0.3 is 10.1 Å². The predicted octanol–water partition coefficient (Wildman–Crippen LogP) is 3.99. The van der Waals surface area contributed by atoms with E-state index in [2.05, 4.69) is 42.7 Å². The molecule has 50 heavy (non-hydrogen) atoms. The second kappa shape index (κ2) is 14.5. The van der Waals surface area contributed by atoms with Gasteiger partial charge >= 0.3 is 6.03 Å². The number of piperidine rings is 2. The average Bonchev–Trinajstić information content (AvgIpc) is 3.45. The lowest BCUT2D eigenvalue weighted by Crippen LogP contribution is -2.49. The molecule has 0 saturated carbocycles. The number of rotatable bonds is 10. The first-order valence-corrected chi connectivity index (χ1v) is 18.7. The molecule has 3 fully saturated rings. The molecule has 0 radical (unpaired) electrons. The van der Waals surface area contributed by atoms with Crippen LogP contribution < -0.4 is 20.3 Å². The highest BCUT2D eigenvalue weighted by Gasteiger charge is 2.31. The number of ether oxygens (including phenoxy) is 1. The van der Waals surface area contributed by atoms with Crippen molar-refractivity contribution < 1.29 is 22.7 Å². The number of halogens is 1. The van der Waals surface area contributed by atoms with Crippen LogP contribution in [0.1, 0.15) is 43.6 Å². The van der Waals surface area contributed by atoms with Crippen molar-refractivity contribution >= 4 is 56.2 Å². The highest BCUT2D eigenvalue weighted by molar-refractivity contribution is 7.89. The Morgan fingerprint density at radius 1 is 0.960 bits per heavy atom. The second-order valence-electron chi connectivity index (χ2n) is 13.0. The SMILES string of the molecule is Cn1nc(N2CCC(=O)NC2=O)c2ccc(C3CCN(CCOc4ccc(S(=O)(=O)N5CCC(Nc6ncc(Cl)cn6)CC5)cc4)CC3)cc21. The Labute approximate surface area is 295 Å². The highest BCUT2D eigenvalue weighted by atomic mass is 35.5. The van der Waals surface area contributed by atoms with E-state index >= 15 is 0 Å². The van der Waals surface area contributed by atoms with E-state index in [1.165, 1.54) is 27.2 Å². The third kappa shape index (κ3) is 7.41. The average molecular weight is 722 g/mol. The quantitative estimate of drug-likeness (QED) is 0.246. The number of aryl methyl sites for hydroxylation is 1. The maximum Gasteiger partial charge on any atom is 0.329 e. The number of carbonyl (C=O) groups is 2. The number of nitrogens with zero attached hydrogens (tertiary/aromatic N) is 7. The summed E-state index contributed by atoms with van der Waals surface area (Å²) in [5.41, 5.74) is 2.21. The van der Waals surface area contributed by atoms with Crippen LogP contribution in [0.4, 0.5) is 16.6 Å². The van der Waals surface area contributed by atoms with E-state index in [0.717, 1.165) is 43.4 Å². The molecule has 3 aliphatic rings. The molecule has 3 amide bonds. The lowest BCUT2D eigenvalue weighted by atomic mass is 9.89. The molecule has 3 aliphatic heterocycles. The van der Waals surface area contributed by atoms with Gasteiger partial charge in [0, 0.05) is 51.1 Å². The third-order valence-electron chi connectivity index (χ3n) is 9.77. The first-order chi connectivity index (χ1) is 24.1. The number of sulfonamides is 1. The zero-order chi connectivity index (χ0) is 34.8. The van der Waals surface area contributed by atoms with Crippen molar-refractivity contribution in [2.24, 2.45) is 7.05 Å². The van der Waals surface area contributed by atoms with Crippen molar-refractivity contribution in [3.63, 3.8) is 0 Å². The molecule has 4 aromatic rings. The van der Waals surface area contributed by atoms with Crippen molar-refractivity contribution in [2.45, 2.75) is 49.0 Å². The fourth-order valence-electron chi connectivity index (χ4n) is 6.92. The topological polar surface area (TPSA) is 155 Å². The summed E-state index contributed by atoms with van der Waals surface area (Å²) in [4.78, 5) is 36.5. The molecule has 14 nitrogen and oxygen atoms in total. The highest BCUT2D eigenvalue weighted by Crippen LogP contribution is 2.33. The van der Waals surface area contributed by atoms with Crippen LogP contribution in [-0.4, -0.2) is 101 Å². The lowest BCUT2D eigenvalue weighted by molar-refractivity contribution is -0.120. The number of anilines is 2. The van der Waals surface area contributed by atoms with Crippen LogP contribution in [0.2, 0.25) is 5.02 Å². The monoisotopic (exact) mass is 721 g/mol.